The molecule has 0 rings (SSSR count). The van der Waals surface area contributed by atoms with Crippen LogP contribution in [0.15, 0.2) is 0 Å². The van der Waals surface area contributed by atoms with Gasteiger partial charge in [-0.3, -0.25) is 0 Å². The van der Waals surface area contributed by atoms with Gasteiger partial charge in [-0.15, -0.1) is 40.5 Å². The second kappa shape index (κ2) is 1550. The van der Waals surface area contributed by atoms with Crippen molar-refractivity contribution in [3.8, 4) is 0 Å². The van der Waals surface area contributed by atoms with Crippen molar-refractivity contribution in [1.82, 2.24) is 0 Å². The zero-order valence-corrected chi connectivity index (χ0v) is 52.2. The molecule has 0 aromatic heterocycles. The van der Waals surface area contributed by atoms with Gasteiger partial charge >= 0.3 is 240 Å². The zero-order chi connectivity index (χ0) is 17.9. The topological polar surface area (TPSA) is 1890 Å². The summed E-state index contributed by atoms with van der Waals surface area (Å²) in [6, 6.07) is 0. The molecule has 0 unspecified atom stereocenters. The maximum atomic E-state index is 8.36. The first-order valence-electron chi connectivity index (χ1n) is 2.81. The molecule has 0 aliphatic carbocycles. The molecule has 0 bridgehead atoms. The Hall–Kier alpha value is 1.94. The van der Waals surface area contributed by atoms with Gasteiger partial charge in [0.1, 0.15) is 0 Å². The second-order valence-corrected chi connectivity index (χ2v) is 1.17. The van der Waals surface area contributed by atoms with E-state index in [9.17, 15) is 0 Å². The van der Waals surface area contributed by atoms with Crippen LogP contribution in [0.2, 0.25) is 0 Å². The third-order valence-electron chi connectivity index (χ3n) is 0. The van der Waals surface area contributed by atoms with Crippen molar-refractivity contribution in [1.29, 1.82) is 0 Å². The summed E-state index contributed by atoms with van der Waals surface area (Å²) >= 11 is 0. The molecule has 76 heteroatoms. The quantitative estimate of drug-likeness (QED) is 0.0994. The smallest absolute Gasteiger partial charge is 1.00 e. The van der Waals surface area contributed by atoms with Crippen LogP contribution in [0.5, 0.6) is 0 Å². The van der Waals surface area contributed by atoms with Gasteiger partial charge in [0.25, 0.3) is 20.3 Å². The summed E-state index contributed by atoms with van der Waals surface area (Å²) < 4.78 is 0. The van der Waals surface area contributed by atoms with E-state index in [1.54, 1.807) is 0 Å². The molecular formula is H114Ca5KN5O65. The number of hydrogen-bond acceptors (Lipinski definition) is 11. The Bertz CT molecular complexity index is 290. The molecule has 0 saturated carbocycles. The Morgan fingerprint density at radius 2 is 0.171 bits per heavy atom. The van der Waals surface area contributed by atoms with E-state index in [-0.39, 0.29) is 528 Å². The summed E-state index contributed by atoms with van der Waals surface area (Å²) in [5.74, 6) is 0. The van der Waals surface area contributed by atoms with Crippen molar-refractivity contribution in [2.75, 3.05) is 0 Å². The van der Waals surface area contributed by atoms with E-state index in [4.69, 9.17) is 76.6 Å². The first-order chi connectivity index (χ1) is 8.66. The molecule has 0 amide bonds. The molecule has 0 aromatic rings. The van der Waals surface area contributed by atoms with Crippen molar-refractivity contribution in [2.45, 2.75) is 0 Å². The first-order valence-corrected chi connectivity index (χ1v) is 2.81. The monoisotopic (exact) mass is 1460 g/mol. The van der Waals surface area contributed by atoms with E-state index >= 15 is 0 Å². The van der Waals surface area contributed by atoms with E-state index in [1.165, 1.54) is 0 Å². The fraction of sp³-hybridized carbons (Fsp3) is 0. The van der Waals surface area contributed by atoms with Crippen LogP contribution >= 0.6 is 0 Å². The van der Waals surface area contributed by atoms with Crippen LogP contribution in [0.1, 0.15) is 14.3 Å². The van der Waals surface area contributed by atoms with Crippen molar-refractivity contribution in [3.05, 3.63) is 55.8 Å². The number of hydrogen-bond donors (Lipinski definition) is 4. The molecule has 0 radical (unpaired) electrons. The average Bonchev–Trinajstić information content (AvgIpc) is 1.94. The van der Waals surface area contributed by atoms with Crippen LogP contribution in [0.25, 0.3) is 0 Å². The summed E-state index contributed by atoms with van der Waals surface area (Å²) in [5.41, 5.74) is 0. The molecule has 0 saturated heterocycles. The first kappa shape index (κ1) is 1610. The fourth-order valence-corrected chi connectivity index (χ4v) is 0. The third-order valence-corrected chi connectivity index (χ3v) is 0. The Balaban J connectivity index is -0.000000000398. The summed E-state index contributed by atoms with van der Waals surface area (Å²) in [7, 11) is 0. The van der Waals surface area contributed by atoms with Gasteiger partial charge in [0, 0.05) is 0 Å². The van der Waals surface area contributed by atoms with Gasteiger partial charge in [0.2, 0.25) is 0 Å². The van der Waals surface area contributed by atoms with E-state index in [2.05, 4.69) is 0 Å². The zero-order valence-electron chi connectivity index (χ0n) is 48.1. The van der Waals surface area contributed by atoms with Crippen LogP contribution < -0.4 is 51.4 Å². The fourth-order valence-electron chi connectivity index (χ4n) is 0. The molecule has 540 valence electrons. The molecule has 0 aromatic carbocycles. The van der Waals surface area contributed by atoms with Crippen molar-refractivity contribution >= 4 is 189 Å². The van der Waals surface area contributed by atoms with Crippen LogP contribution in [0.3, 0.4) is 0 Å². The third kappa shape index (κ3) is 114000. The Kier molecular flexibility index (Phi) is 32700. The summed E-state index contributed by atoms with van der Waals surface area (Å²) in [4.78, 5) is 41.7. The number of nitrogens with zero attached hydrogens (tertiary/aromatic N) is 5. The van der Waals surface area contributed by atoms with Crippen molar-refractivity contribution < 1.29 is 386 Å². The minimum atomic E-state index is -1.75. The van der Waals surface area contributed by atoms with Gasteiger partial charge in [-0.05, 0) is 0 Å². The molecule has 0 fully saturated rings. The maximum absolute atomic E-state index is 8.36. The normalized spacial score (nSPS) is 1.58. The molecular weight excluding hydrogens is 1350 g/mol. The van der Waals surface area contributed by atoms with E-state index in [0.717, 1.165) is 0 Å². The van der Waals surface area contributed by atoms with Gasteiger partial charge in [-0.25, -0.2) is 0 Å². The molecule has 0 aliphatic rings. The molecule has 0 heterocycles. The maximum Gasteiger partial charge on any atom is 2.00 e. The number of rotatable bonds is 0. The minimum Gasteiger partial charge on any atom is -1.00 e. The Morgan fingerprint density at radius 3 is 0.171 bits per heavy atom. The van der Waals surface area contributed by atoms with Crippen LogP contribution in [0.4, 0.5) is 0 Å². The standard InChI is InChI=1S/5Ca.K.4HNO3.NO3.50H2O.10H/c;;;;;;5*2-1(3)4;;;;;;;;;;;;;;;;;;;;;;;;;;;;;;;;;;;;;;;;;;;;;;;;;;;;;;;;;;;;/h;;;;;;4*(H,2,3,4);;50*1H2;;;;;;;;;;/q5*+2;+1;;;;;-1;;;;;;;;;;;;;;;;;;;;;;;;;;;;;;;;;;;;;;;;;;;;;;;;;;;10*-1. The molecule has 0 atom stereocenters. The van der Waals surface area contributed by atoms with Crippen LogP contribution in [-0.4, -0.2) is 509 Å². The summed E-state index contributed by atoms with van der Waals surface area (Å²) in [6.45, 7) is 0. The Labute approximate surface area is 622 Å². The molecule has 76 heavy (non-hydrogen) atoms. The molecule has 104 N–H and O–H groups in total. The van der Waals surface area contributed by atoms with Crippen molar-refractivity contribution in [2.24, 2.45) is 0 Å². The predicted octanol–water partition coefficient (Wildman–Crippen LogP) is -46.6. The van der Waals surface area contributed by atoms with Crippen LogP contribution in [0, 0.1) is 55.8 Å². The molecule has 0 spiro atoms. The van der Waals surface area contributed by atoms with Gasteiger partial charge in [0.05, 0.1) is 5.09 Å². The predicted molar refractivity (Wildman–Crippen MR) is 266 cm³/mol. The average molecular weight is 1460 g/mol. The van der Waals surface area contributed by atoms with Gasteiger partial charge in [-0.1, -0.05) is 0 Å². The van der Waals surface area contributed by atoms with E-state index in [0.29, 0.717) is 0 Å². The SMILES string of the molecule is O.O.O.O.O.O.O.O.O.O.O.O.O.O.O.O.O.O.O.O.O.O.O.O.O.O.O.O.O.O.O.O.O.O.O.O.O.O.O.O.O.O.O.O.O.O.O.O.O.O.O=[N+]([O-])O.O=[N+]([O-])O.O=[N+]([O-])O.O=[N+]([O-])O.O=[N+]([O-])[O-].[Ca+2].[Ca+2].[Ca+2].[Ca+2].[Ca+2].[H-].[H-].[H-].[H-].[H-].[H-].[H-].[H-].[H-].[H-].[K+]. The van der Waals surface area contributed by atoms with Crippen LogP contribution in [-0.2, 0) is 0 Å². The Morgan fingerprint density at radius 1 is 0.171 bits per heavy atom. The van der Waals surface area contributed by atoms with Gasteiger partial charge in [-0.2, -0.15) is 0 Å². The molecule has 70 nitrogen and oxygen atoms in total. The second-order valence-electron chi connectivity index (χ2n) is 1.17. The molecule has 0 aliphatic heterocycles. The van der Waals surface area contributed by atoms with Gasteiger partial charge in [0.15, 0.2) is 0 Å². The summed E-state index contributed by atoms with van der Waals surface area (Å²) in [6.07, 6.45) is 0. The van der Waals surface area contributed by atoms with Gasteiger partial charge < -0.3 is 324 Å². The van der Waals surface area contributed by atoms with E-state index in [1.807, 2.05) is 0 Å². The van der Waals surface area contributed by atoms with E-state index < -0.39 is 25.4 Å². The minimum absolute atomic E-state index is 0. The summed E-state index contributed by atoms with van der Waals surface area (Å²) in [5, 5.41) is 69.3. The van der Waals surface area contributed by atoms with Crippen molar-refractivity contribution in [3.63, 3.8) is 0 Å². The largest absolute Gasteiger partial charge is 2.00 e.